The van der Waals surface area contributed by atoms with Crippen molar-refractivity contribution in [1.82, 2.24) is 0 Å². The van der Waals surface area contributed by atoms with Gasteiger partial charge in [-0.05, 0) is 48.5 Å². The second-order valence-electron chi connectivity index (χ2n) is 6.59. The van der Waals surface area contributed by atoms with Crippen molar-refractivity contribution in [3.05, 3.63) is 102 Å². The number of para-hydroxylation sites is 1. The summed E-state index contributed by atoms with van der Waals surface area (Å²) in [5, 5.41) is 2.84. The third-order valence-corrected chi connectivity index (χ3v) is 4.51. The number of nitrogens with one attached hydrogen (secondary N) is 1. The van der Waals surface area contributed by atoms with Crippen molar-refractivity contribution in [1.29, 1.82) is 0 Å². The quantitative estimate of drug-likeness (QED) is 0.444. The molecule has 7 heteroatoms. The molecule has 0 aromatic heterocycles. The Labute approximate surface area is 185 Å². The summed E-state index contributed by atoms with van der Waals surface area (Å²) in [5.74, 6) is -1.60. The zero-order valence-electron chi connectivity index (χ0n) is 17.6. The van der Waals surface area contributed by atoms with Gasteiger partial charge in [-0.15, -0.1) is 0 Å². The lowest BCUT2D eigenvalue weighted by atomic mass is 10.1. The molecule has 0 fully saturated rings. The van der Waals surface area contributed by atoms with Crippen LogP contribution in [0.25, 0.3) is 0 Å². The van der Waals surface area contributed by atoms with Gasteiger partial charge in [0.05, 0.1) is 20.3 Å². The van der Waals surface area contributed by atoms with E-state index in [0.29, 0.717) is 22.6 Å². The van der Waals surface area contributed by atoms with Gasteiger partial charge >= 0.3 is 11.9 Å². The minimum Gasteiger partial charge on any atom is -0.466 e. The Bertz CT molecular complexity index is 1110. The van der Waals surface area contributed by atoms with Crippen molar-refractivity contribution in [2.75, 3.05) is 24.4 Å². The topological polar surface area (TPSA) is 84.9 Å². The smallest absolute Gasteiger partial charge is 0.354 e. The molecule has 0 saturated heterocycles. The van der Waals surface area contributed by atoms with Crippen LogP contribution in [0.1, 0.15) is 10.4 Å². The fourth-order valence-corrected chi connectivity index (χ4v) is 2.95. The van der Waals surface area contributed by atoms with Gasteiger partial charge in [0.15, 0.2) is 0 Å². The third kappa shape index (κ3) is 5.40. The highest BCUT2D eigenvalue weighted by molar-refractivity contribution is 6.11. The van der Waals surface area contributed by atoms with Crippen LogP contribution in [-0.2, 0) is 19.1 Å². The average molecular weight is 430 g/mol. The highest BCUT2D eigenvalue weighted by atomic mass is 16.5. The highest BCUT2D eigenvalue weighted by Crippen LogP contribution is 2.29. The number of hydrogen-bond acceptors (Lipinski definition) is 6. The summed E-state index contributed by atoms with van der Waals surface area (Å²) in [6.45, 7) is 0. The van der Waals surface area contributed by atoms with Crippen LogP contribution >= 0.6 is 0 Å². The number of esters is 2. The van der Waals surface area contributed by atoms with Crippen LogP contribution in [-0.4, -0.2) is 32.1 Å². The Hall–Kier alpha value is -4.39. The fourth-order valence-electron chi connectivity index (χ4n) is 2.95. The maximum Gasteiger partial charge on any atom is 0.354 e. The van der Waals surface area contributed by atoms with Gasteiger partial charge in [-0.3, -0.25) is 9.69 Å². The van der Waals surface area contributed by atoms with E-state index in [1.165, 1.54) is 14.2 Å². The van der Waals surface area contributed by atoms with Gasteiger partial charge in [-0.2, -0.15) is 0 Å². The van der Waals surface area contributed by atoms with Gasteiger partial charge in [-0.1, -0.05) is 36.4 Å². The molecular weight excluding hydrogens is 408 g/mol. The van der Waals surface area contributed by atoms with Crippen molar-refractivity contribution in [2.24, 2.45) is 0 Å². The number of carbonyl (C=O) groups is 3. The van der Waals surface area contributed by atoms with E-state index in [4.69, 9.17) is 4.74 Å². The van der Waals surface area contributed by atoms with Crippen LogP contribution in [0.2, 0.25) is 0 Å². The molecule has 32 heavy (non-hydrogen) atoms. The Morgan fingerprint density at radius 3 is 1.88 bits per heavy atom. The molecule has 3 aromatic carbocycles. The van der Waals surface area contributed by atoms with Gasteiger partial charge in [0.2, 0.25) is 0 Å². The van der Waals surface area contributed by atoms with Gasteiger partial charge < -0.3 is 14.8 Å². The number of methoxy groups -OCH3 is 2. The molecule has 0 aliphatic rings. The lowest BCUT2D eigenvalue weighted by molar-refractivity contribution is -0.138. The second-order valence-corrected chi connectivity index (χ2v) is 6.59. The number of rotatable bonds is 7. The first-order chi connectivity index (χ1) is 15.5. The molecule has 0 unspecified atom stereocenters. The van der Waals surface area contributed by atoms with E-state index in [-0.39, 0.29) is 11.6 Å². The molecule has 0 aliphatic heterocycles. The standard InChI is InChI=1S/C25H22N2O5/c1-31-23(28)17-22(25(30)32-2)26-19-13-15-21(16-14-19)27(20-11-7-4-8-12-20)24(29)18-9-5-3-6-10-18/h3-17,26H,1-2H3/b22-17+. The van der Waals surface area contributed by atoms with Gasteiger partial charge in [0, 0.05) is 22.6 Å². The molecule has 3 aromatic rings. The highest BCUT2D eigenvalue weighted by Gasteiger charge is 2.20. The molecule has 0 aliphatic carbocycles. The van der Waals surface area contributed by atoms with Gasteiger partial charge in [-0.25, -0.2) is 9.59 Å². The Morgan fingerprint density at radius 1 is 0.750 bits per heavy atom. The van der Waals surface area contributed by atoms with E-state index in [9.17, 15) is 14.4 Å². The first-order valence-electron chi connectivity index (χ1n) is 9.73. The van der Waals surface area contributed by atoms with Gasteiger partial charge in [0.1, 0.15) is 5.70 Å². The van der Waals surface area contributed by atoms with E-state index >= 15 is 0 Å². The Morgan fingerprint density at radius 2 is 1.31 bits per heavy atom. The van der Waals surface area contributed by atoms with Crippen LogP contribution in [0.4, 0.5) is 17.1 Å². The van der Waals surface area contributed by atoms with Crippen molar-refractivity contribution in [3.63, 3.8) is 0 Å². The molecule has 0 heterocycles. The molecule has 0 atom stereocenters. The van der Waals surface area contributed by atoms with Crippen molar-refractivity contribution < 1.29 is 23.9 Å². The van der Waals surface area contributed by atoms with Crippen LogP contribution in [0.15, 0.2) is 96.7 Å². The van der Waals surface area contributed by atoms with E-state index in [2.05, 4.69) is 10.1 Å². The molecule has 0 radical (unpaired) electrons. The predicted octanol–water partition coefficient (Wildman–Crippen LogP) is 4.31. The SMILES string of the molecule is COC(=O)/C=C(/Nc1ccc(N(C(=O)c2ccccc2)c2ccccc2)cc1)C(=O)OC. The van der Waals surface area contributed by atoms with Crippen molar-refractivity contribution in [3.8, 4) is 0 Å². The molecule has 1 amide bonds. The summed E-state index contributed by atoms with van der Waals surface area (Å²) in [5.41, 5.74) is 2.34. The van der Waals surface area contributed by atoms with Crippen LogP contribution in [0.5, 0.6) is 0 Å². The Kier molecular flexibility index (Phi) is 7.37. The van der Waals surface area contributed by atoms with Crippen molar-refractivity contribution >= 4 is 34.9 Å². The zero-order chi connectivity index (χ0) is 22.9. The number of benzene rings is 3. The lowest BCUT2D eigenvalue weighted by Gasteiger charge is -2.23. The van der Waals surface area contributed by atoms with E-state index in [1.54, 1.807) is 41.3 Å². The minimum atomic E-state index is -0.718. The number of anilines is 3. The van der Waals surface area contributed by atoms with Crippen molar-refractivity contribution in [2.45, 2.75) is 0 Å². The summed E-state index contributed by atoms with van der Waals surface area (Å²) in [7, 11) is 2.43. The number of amides is 1. The molecule has 0 spiro atoms. The summed E-state index contributed by atoms with van der Waals surface area (Å²) in [6.07, 6.45) is 1.01. The number of carbonyl (C=O) groups excluding carboxylic acids is 3. The molecule has 3 rings (SSSR count). The summed E-state index contributed by atoms with van der Waals surface area (Å²) >= 11 is 0. The number of ether oxygens (including phenoxy) is 2. The molecule has 0 bridgehead atoms. The number of nitrogens with zero attached hydrogens (tertiary/aromatic N) is 1. The first-order valence-corrected chi connectivity index (χ1v) is 9.73. The average Bonchev–Trinajstić information content (AvgIpc) is 2.85. The zero-order valence-corrected chi connectivity index (χ0v) is 17.6. The monoisotopic (exact) mass is 430 g/mol. The van der Waals surface area contributed by atoms with Crippen LogP contribution < -0.4 is 10.2 Å². The van der Waals surface area contributed by atoms with Crippen LogP contribution in [0.3, 0.4) is 0 Å². The van der Waals surface area contributed by atoms with Crippen LogP contribution in [0, 0.1) is 0 Å². The molecule has 1 N–H and O–H groups in total. The molecular formula is C25H22N2O5. The maximum atomic E-state index is 13.3. The number of hydrogen-bond donors (Lipinski definition) is 1. The maximum absolute atomic E-state index is 13.3. The second kappa shape index (κ2) is 10.6. The van der Waals surface area contributed by atoms with E-state index in [1.807, 2.05) is 48.5 Å². The molecule has 0 saturated carbocycles. The Balaban J connectivity index is 1.93. The predicted molar refractivity (Wildman–Crippen MR) is 122 cm³/mol. The lowest BCUT2D eigenvalue weighted by Crippen LogP contribution is -2.25. The summed E-state index contributed by atoms with van der Waals surface area (Å²) in [6, 6.07) is 25.1. The molecule has 7 nitrogen and oxygen atoms in total. The summed E-state index contributed by atoms with van der Waals surface area (Å²) < 4.78 is 9.27. The van der Waals surface area contributed by atoms with E-state index in [0.717, 1.165) is 6.08 Å². The normalized spacial score (nSPS) is 10.8. The largest absolute Gasteiger partial charge is 0.466 e. The fraction of sp³-hybridized carbons (Fsp3) is 0.0800. The van der Waals surface area contributed by atoms with E-state index < -0.39 is 11.9 Å². The molecule has 162 valence electrons. The third-order valence-electron chi connectivity index (χ3n) is 4.51. The first kappa shape index (κ1) is 22.3. The van der Waals surface area contributed by atoms with Gasteiger partial charge in [0.25, 0.3) is 5.91 Å². The summed E-state index contributed by atoms with van der Waals surface area (Å²) in [4.78, 5) is 38.4. The minimum absolute atomic E-state index is 0.0765.